The van der Waals surface area contributed by atoms with Gasteiger partial charge in [0, 0.05) is 12.6 Å². The second-order valence-corrected chi connectivity index (χ2v) is 3.53. The van der Waals surface area contributed by atoms with E-state index in [2.05, 4.69) is 15.5 Å². The van der Waals surface area contributed by atoms with E-state index in [0.717, 1.165) is 0 Å². The van der Waals surface area contributed by atoms with Crippen LogP contribution >= 0.6 is 0 Å². The lowest BCUT2D eigenvalue weighted by Gasteiger charge is -2.00. The van der Waals surface area contributed by atoms with Crippen molar-refractivity contribution in [3.8, 4) is 6.07 Å². The highest BCUT2D eigenvalue weighted by Crippen LogP contribution is 2.08. The van der Waals surface area contributed by atoms with Gasteiger partial charge in [0.15, 0.2) is 5.84 Å². The van der Waals surface area contributed by atoms with Crippen molar-refractivity contribution < 1.29 is 9.63 Å². The summed E-state index contributed by atoms with van der Waals surface area (Å²) in [4.78, 5) is 19.3. The highest BCUT2D eigenvalue weighted by Gasteiger charge is 2.19. The number of nitrogens with one attached hydrogen (secondary N) is 2. The third kappa shape index (κ3) is 2.03. The van der Waals surface area contributed by atoms with Gasteiger partial charge in [-0.1, -0.05) is 5.16 Å². The van der Waals surface area contributed by atoms with Crippen molar-refractivity contribution in [3.05, 3.63) is 23.5 Å². The van der Waals surface area contributed by atoms with Crippen LogP contribution in [0, 0.1) is 11.3 Å². The lowest BCUT2D eigenvalue weighted by molar-refractivity contribution is 0.0967. The third-order valence-electron chi connectivity index (χ3n) is 2.15. The average Bonchev–Trinajstić information content (AvgIpc) is 2.87. The second-order valence-electron chi connectivity index (χ2n) is 3.53. The third-order valence-corrected chi connectivity index (χ3v) is 2.15. The maximum atomic E-state index is 11.7. The minimum absolute atomic E-state index is 0.00352. The lowest BCUT2D eigenvalue weighted by atomic mass is 10.2. The highest BCUT2D eigenvalue weighted by atomic mass is 16.6. The van der Waals surface area contributed by atoms with Crippen molar-refractivity contribution in [1.82, 2.24) is 10.3 Å². The van der Waals surface area contributed by atoms with Gasteiger partial charge >= 0.3 is 0 Å². The van der Waals surface area contributed by atoms with E-state index >= 15 is 0 Å². The molecule has 0 saturated carbocycles. The Bertz CT molecular complexity index is 483. The normalized spacial score (nSPS) is 18.5. The monoisotopic (exact) mass is 218 g/mol. The zero-order chi connectivity index (χ0) is 11.5. The van der Waals surface area contributed by atoms with Crippen LogP contribution in [0.3, 0.4) is 0 Å². The molecule has 1 aliphatic rings. The zero-order valence-electron chi connectivity index (χ0n) is 8.65. The molecule has 0 saturated heterocycles. The van der Waals surface area contributed by atoms with E-state index in [-0.39, 0.29) is 12.0 Å². The van der Waals surface area contributed by atoms with E-state index in [1.54, 1.807) is 0 Å². The number of nitriles is 1. The molecule has 0 aliphatic carbocycles. The standard InChI is InChI=1S/C10H10N4O2/c1-6-2-9(14-16-6)13-10(15)7-3-8(4-11)12-5-7/h3,5-6,12H,2H2,1H3,(H,13,14,15)/t6-/m1/s1. The van der Waals surface area contributed by atoms with Crippen LogP contribution in [0.15, 0.2) is 17.4 Å². The predicted molar refractivity (Wildman–Crippen MR) is 55.6 cm³/mol. The molecule has 16 heavy (non-hydrogen) atoms. The summed E-state index contributed by atoms with van der Waals surface area (Å²) in [5, 5.41) is 14.9. The van der Waals surface area contributed by atoms with Crippen molar-refractivity contribution >= 4 is 11.7 Å². The van der Waals surface area contributed by atoms with Crippen molar-refractivity contribution in [2.45, 2.75) is 19.4 Å². The Morgan fingerprint density at radius 3 is 3.19 bits per heavy atom. The van der Waals surface area contributed by atoms with E-state index in [0.29, 0.717) is 23.5 Å². The topological polar surface area (TPSA) is 90.3 Å². The van der Waals surface area contributed by atoms with Gasteiger partial charge in [-0.25, -0.2) is 0 Å². The van der Waals surface area contributed by atoms with Gasteiger partial charge in [-0.3, -0.25) is 4.79 Å². The SMILES string of the molecule is C[C@@H]1CC(NC(=O)c2c[nH]c(C#N)c2)=NO1. The number of nitrogens with zero attached hydrogens (tertiary/aromatic N) is 2. The second kappa shape index (κ2) is 4.06. The number of carbonyl (C=O) groups excluding carboxylic acids is 1. The Morgan fingerprint density at radius 1 is 1.81 bits per heavy atom. The molecule has 0 bridgehead atoms. The molecular weight excluding hydrogens is 208 g/mol. The Morgan fingerprint density at radius 2 is 2.62 bits per heavy atom. The molecule has 1 aliphatic heterocycles. The Kier molecular flexibility index (Phi) is 2.60. The van der Waals surface area contributed by atoms with E-state index in [1.807, 2.05) is 13.0 Å². The Labute approximate surface area is 91.9 Å². The fourth-order valence-electron chi connectivity index (χ4n) is 1.37. The Balaban J connectivity index is 2.01. The number of rotatable bonds is 1. The number of amides is 1. The minimum atomic E-state index is -0.297. The van der Waals surface area contributed by atoms with Crippen molar-refractivity contribution in [2.75, 3.05) is 0 Å². The van der Waals surface area contributed by atoms with Gasteiger partial charge < -0.3 is 15.1 Å². The summed E-state index contributed by atoms with van der Waals surface area (Å²) >= 11 is 0. The van der Waals surface area contributed by atoms with Gasteiger partial charge in [-0.15, -0.1) is 0 Å². The molecule has 2 N–H and O–H groups in total. The fraction of sp³-hybridized carbons (Fsp3) is 0.300. The summed E-state index contributed by atoms with van der Waals surface area (Å²) in [6.07, 6.45) is 2.06. The van der Waals surface area contributed by atoms with Crippen LogP contribution in [0.5, 0.6) is 0 Å². The summed E-state index contributed by atoms with van der Waals surface area (Å²) in [7, 11) is 0. The number of hydrogen-bond acceptors (Lipinski definition) is 4. The number of hydrogen-bond donors (Lipinski definition) is 2. The molecule has 0 radical (unpaired) electrons. The number of aromatic amines is 1. The van der Waals surface area contributed by atoms with Crippen LogP contribution in [-0.4, -0.2) is 22.8 Å². The maximum Gasteiger partial charge on any atom is 0.258 e. The lowest BCUT2D eigenvalue weighted by Crippen LogP contribution is -2.29. The number of oxime groups is 1. The highest BCUT2D eigenvalue weighted by molar-refractivity contribution is 6.06. The van der Waals surface area contributed by atoms with Crippen LogP contribution in [0.4, 0.5) is 0 Å². The quantitative estimate of drug-likeness (QED) is 0.728. The van der Waals surface area contributed by atoms with Crippen molar-refractivity contribution in [2.24, 2.45) is 5.16 Å². The molecule has 6 heteroatoms. The van der Waals surface area contributed by atoms with Gasteiger partial charge in [-0.05, 0) is 13.0 Å². The first-order valence-corrected chi connectivity index (χ1v) is 4.81. The summed E-state index contributed by atoms with van der Waals surface area (Å²) in [5.74, 6) is 0.214. The van der Waals surface area contributed by atoms with Gasteiger partial charge in [0.2, 0.25) is 0 Å². The molecule has 6 nitrogen and oxygen atoms in total. The van der Waals surface area contributed by atoms with Crippen LogP contribution < -0.4 is 5.32 Å². The summed E-state index contributed by atoms with van der Waals surface area (Å²) in [6, 6.07) is 3.39. The van der Waals surface area contributed by atoms with E-state index < -0.39 is 0 Å². The molecular formula is C10H10N4O2. The molecule has 2 heterocycles. The number of aromatic nitrogens is 1. The zero-order valence-corrected chi connectivity index (χ0v) is 8.65. The van der Waals surface area contributed by atoms with Crippen molar-refractivity contribution in [3.63, 3.8) is 0 Å². The van der Waals surface area contributed by atoms with Crippen LogP contribution in [0.25, 0.3) is 0 Å². The smallest absolute Gasteiger partial charge is 0.258 e. The van der Waals surface area contributed by atoms with Crippen LogP contribution in [0.2, 0.25) is 0 Å². The summed E-state index contributed by atoms with van der Waals surface area (Å²) < 4.78 is 0. The van der Waals surface area contributed by atoms with Gasteiger partial charge in [-0.2, -0.15) is 5.26 Å². The number of H-pyrrole nitrogens is 1. The molecule has 0 fully saturated rings. The first-order valence-electron chi connectivity index (χ1n) is 4.81. The average molecular weight is 218 g/mol. The maximum absolute atomic E-state index is 11.7. The van der Waals surface area contributed by atoms with Crippen LogP contribution in [-0.2, 0) is 4.84 Å². The molecule has 0 unspecified atom stereocenters. The number of carbonyl (C=O) groups is 1. The van der Waals surface area contributed by atoms with Crippen LogP contribution in [0.1, 0.15) is 29.4 Å². The molecule has 1 amide bonds. The first kappa shape index (κ1) is 10.2. The molecule has 82 valence electrons. The molecule has 1 atom stereocenters. The van der Waals surface area contributed by atoms with E-state index in [1.165, 1.54) is 12.3 Å². The predicted octanol–water partition coefficient (Wildman–Crippen LogP) is 0.738. The Hall–Kier alpha value is -2.29. The molecule has 0 spiro atoms. The van der Waals surface area contributed by atoms with Gasteiger partial charge in [0.05, 0.1) is 5.56 Å². The molecule has 1 aromatic heterocycles. The minimum Gasteiger partial charge on any atom is -0.391 e. The largest absolute Gasteiger partial charge is 0.391 e. The van der Waals surface area contributed by atoms with E-state index in [9.17, 15) is 4.79 Å². The van der Waals surface area contributed by atoms with Gasteiger partial charge in [0.1, 0.15) is 17.9 Å². The fourth-order valence-corrected chi connectivity index (χ4v) is 1.37. The van der Waals surface area contributed by atoms with E-state index in [4.69, 9.17) is 10.1 Å². The first-order chi connectivity index (χ1) is 7.69. The number of amidine groups is 1. The molecule has 2 rings (SSSR count). The molecule has 1 aromatic rings. The molecule has 0 aromatic carbocycles. The van der Waals surface area contributed by atoms with Crippen molar-refractivity contribution in [1.29, 1.82) is 5.26 Å². The summed E-state index contributed by atoms with van der Waals surface area (Å²) in [6.45, 7) is 1.87. The summed E-state index contributed by atoms with van der Waals surface area (Å²) in [5.41, 5.74) is 0.752. The van der Waals surface area contributed by atoms with Gasteiger partial charge in [0.25, 0.3) is 5.91 Å².